The third-order valence-electron chi connectivity index (χ3n) is 7.75. The molecule has 1 aliphatic carbocycles. The van der Waals surface area contributed by atoms with Gasteiger partial charge in [-0.05, 0) is 53.8 Å². The lowest BCUT2D eigenvalue weighted by Gasteiger charge is -2.37. The van der Waals surface area contributed by atoms with Crippen LogP contribution in [0.15, 0.2) is 91.3 Å². The molecule has 2 aromatic carbocycles. The Morgan fingerprint density at radius 3 is 1.94 bits per heavy atom. The average Bonchev–Trinajstić information content (AvgIpc) is 3.65. The van der Waals surface area contributed by atoms with Gasteiger partial charge in [-0.25, -0.2) is 9.59 Å². The first-order valence-corrected chi connectivity index (χ1v) is 12.2. The lowest BCUT2D eigenvalue weighted by atomic mass is 9.69. The summed E-state index contributed by atoms with van der Waals surface area (Å²) in [6.07, 6.45) is 1.93. The summed E-state index contributed by atoms with van der Waals surface area (Å²) < 4.78 is 12.5. The molecule has 0 spiro atoms. The van der Waals surface area contributed by atoms with E-state index in [4.69, 9.17) is 9.47 Å². The highest BCUT2D eigenvalue weighted by Gasteiger charge is 2.61. The minimum Gasteiger partial charge on any atom is -0.453 e. The number of aromatic nitrogens is 2. The van der Waals surface area contributed by atoms with E-state index in [1.54, 1.807) is 36.7 Å². The largest absolute Gasteiger partial charge is 0.453 e. The second-order valence-electron chi connectivity index (χ2n) is 9.69. The highest BCUT2D eigenvalue weighted by Crippen LogP contribution is 2.55. The molecule has 6 nitrogen and oxygen atoms in total. The quantitative estimate of drug-likeness (QED) is 0.341. The van der Waals surface area contributed by atoms with Crippen LogP contribution in [0.3, 0.4) is 0 Å². The van der Waals surface area contributed by atoms with Crippen molar-refractivity contribution in [1.29, 1.82) is 0 Å². The topological polar surface area (TPSA) is 84.2 Å². The zero-order chi connectivity index (χ0) is 25.3. The van der Waals surface area contributed by atoms with E-state index >= 15 is 0 Å². The molecule has 2 aromatic heterocycles. The van der Waals surface area contributed by atoms with Crippen molar-refractivity contribution in [2.24, 2.45) is 5.92 Å². The van der Waals surface area contributed by atoms with Crippen LogP contribution in [-0.4, -0.2) is 34.1 Å². The van der Waals surface area contributed by atoms with Crippen molar-refractivity contribution in [2.75, 3.05) is 0 Å². The number of aryl methyl sites for hydroxylation is 1. The maximum absolute atomic E-state index is 13.3. The Hall–Kier alpha value is -4.06. The number of benzene rings is 2. The number of hydrogen-bond acceptors (Lipinski definition) is 4. The molecule has 0 bridgehead atoms. The molecule has 1 fully saturated rings. The first kappa shape index (κ1) is 23.7. The maximum atomic E-state index is 13.3. The lowest BCUT2D eigenvalue weighted by molar-refractivity contribution is -0.0434. The van der Waals surface area contributed by atoms with Crippen LogP contribution in [0.2, 0.25) is 0 Å². The molecule has 2 heterocycles. The highest BCUT2D eigenvalue weighted by molar-refractivity contribution is 5.88. The van der Waals surface area contributed by atoms with Crippen molar-refractivity contribution in [3.63, 3.8) is 0 Å². The summed E-state index contributed by atoms with van der Waals surface area (Å²) in [5.41, 5.74) is 3.28. The van der Waals surface area contributed by atoms with Crippen molar-refractivity contribution in [2.45, 2.75) is 44.3 Å². The third kappa shape index (κ3) is 4.02. The molecular formula is C30H30N2O4. The molecule has 6 heteroatoms. The average molecular weight is 483 g/mol. The summed E-state index contributed by atoms with van der Waals surface area (Å²) in [6.45, 7) is 6.33. The number of aromatic amines is 2. The fraction of sp³-hybridized carbons (Fsp3) is 0.267. The van der Waals surface area contributed by atoms with Gasteiger partial charge in [-0.15, -0.1) is 0 Å². The Balaban J connectivity index is 1.65. The maximum Gasteiger partial charge on any atom is 0.355 e. The Kier molecular flexibility index (Phi) is 6.27. The summed E-state index contributed by atoms with van der Waals surface area (Å²) in [5.74, 6) is -1.18. The summed E-state index contributed by atoms with van der Waals surface area (Å²) >= 11 is 0. The van der Waals surface area contributed by atoms with Gasteiger partial charge in [0, 0.05) is 23.7 Å². The Labute approximate surface area is 210 Å². The SMILES string of the molecule is Cc1ccccc1[C@]1(C)C(C)C(c2ccccc2)C(OC(=O)c2ccc[nH]2)C1OC(=O)c1ccc[nH]1. The van der Waals surface area contributed by atoms with Gasteiger partial charge in [0.2, 0.25) is 0 Å². The summed E-state index contributed by atoms with van der Waals surface area (Å²) in [4.78, 5) is 32.4. The molecule has 1 saturated carbocycles. The second kappa shape index (κ2) is 9.53. The number of nitrogens with one attached hydrogen (secondary N) is 2. The van der Waals surface area contributed by atoms with E-state index in [-0.39, 0.29) is 11.8 Å². The van der Waals surface area contributed by atoms with Crippen LogP contribution in [0.25, 0.3) is 0 Å². The van der Waals surface area contributed by atoms with Gasteiger partial charge in [-0.2, -0.15) is 0 Å². The van der Waals surface area contributed by atoms with Crippen molar-refractivity contribution in [3.8, 4) is 0 Å². The summed E-state index contributed by atoms with van der Waals surface area (Å²) in [6, 6.07) is 25.0. The first-order valence-electron chi connectivity index (χ1n) is 12.2. The number of H-pyrrole nitrogens is 2. The molecule has 0 saturated heterocycles. The van der Waals surface area contributed by atoms with Crippen molar-refractivity contribution in [3.05, 3.63) is 119 Å². The number of carbonyl (C=O) groups excluding carboxylic acids is 2. The van der Waals surface area contributed by atoms with Gasteiger partial charge in [0.05, 0.1) is 0 Å². The fourth-order valence-electron chi connectivity index (χ4n) is 5.78. The predicted octanol–water partition coefficient (Wildman–Crippen LogP) is 5.79. The molecule has 36 heavy (non-hydrogen) atoms. The molecule has 4 aromatic rings. The van der Waals surface area contributed by atoms with E-state index in [1.807, 2.05) is 42.5 Å². The molecule has 2 N–H and O–H groups in total. The van der Waals surface area contributed by atoms with Crippen LogP contribution in [0.5, 0.6) is 0 Å². The predicted molar refractivity (Wildman–Crippen MR) is 137 cm³/mol. The highest BCUT2D eigenvalue weighted by atomic mass is 16.6. The zero-order valence-electron chi connectivity index (χ0n) is 20.6. The van der Waals surface area contributed by atoms with Crippen LogP contribution < -0.4 is 0 Å². The Bertz CT molecular complexity index is 1330. The number of carbonyl (C=O) groups is 2. The van der Waals surface area contributed by atoms with Gasteiger partial charge in [0.15, 0.2) is 0 Å². The first-order chi connectivity index (χ1) is 17.4. The van der Waals surface area contributed by atoms with E-state index in [9.17, 15) is 9.59 Å². The minimum atomic E-state index is -0.728. The summed E-state index contributed by atoms with van der Waals surface area (Å²) in [7, 11) is 0. The van der Waals surface area contributed by atoms with Crippen molar-refractivity contribution >= 4 is 11.9 Å². The van der Waals surface area contributed by atoms with Crippen LogP contribution in [-0.2, 0) is 14.9 Å². The smallest absolute Gasteiger partial charge is 0.355 e. The monoisotopic (exact) mass is 482 g/mol. The molecule has 5 rings (SSSR count). The van der Waals surface area contributed by atoms with Crippen LogP contribution in [0, 0.1) is 12.8 Å². The van der Waals surface area contributed by atoms with Crippen LogP contribution in [0.4, 0.5) is 0 Å². The van der Waals surface area contributed by atoms with E-state index in [0.29, 0.717) is 11.4 Å². The van der Waals surface area contributed by atoms with Gasteiger partial charge in [0.1, 0.15) is 23.6 Å². The van der Waals surface area contributed by atoms with Crippen LogP contribution >= 0.6 is 0 Å². The lowest BCUT2D eigenvalue weighted by Crippen LogP contribution is -2.45. The molecule has 0 amide bonds. The number of ether oxygens (including phenoxy) is 2. The standard InChI is InChI=1S/C30H30N2O4/c1-19-11-7-8-14-22(19)30(3)20(2)25(21-12-5-4-6-13-21)26(35-28(33)23-15-9-17-31-23)27(30)36-29(34)24-16-10-18-32-24/h4-18,20,25-27,31-32H,1-3H3/t20?,25?,26?,27?,30-/m0/s1. The van der Waals surface area contributed by atoms with Gasteiger partial charge in [0.25, 0.3) is 0 Å². The van der Waals surface area contributed by atoms with Gasteiger partial charge < -0.3 is 19.4 Å². The third-order valence-corrected chi connectivity index (χ3v) is 7.75. The number of esters is 2. The summed E-state index contributed by atoms with van der Waals surface area (Å²) in [5, 5.41) is 0. The number of hydrogen-bond donors (Lipinski definition) is 2. The molecule has 0 aliphatic heterocycles. The minimum absolute atomic E-state index is 0.0242. The van der Waals surface area contributed by atoms with Crippen molar-refractivity contribution in [1.82, 2.24) is 9.97 Å². The van der Waals surface area contributed by atoms with E-state index in [0.717, 1.165) is 16.7 Å². The zero-order valence-corrected chi connectivity index (χ0v) is 20.6. The molecule has 4 unspecified atom stereocenters. The Morgan fingerprint density at radius 2 is 1.36 bits per heavy atom. The molecule has 184 valence electrons. The molecular weight excluding hydrogens is 452 g/mol. The van der Waals surface area contributed by atoms with E-state index < -0.39 is 29.6 Å². The van der Waals surface area contributed by atoms with Crippen molar-refractivity contribution < 1.29 is 19.1 Å². The van der Waals surface area contributed by atoms with Gasteiger partial charge in [-0.3, -0.25) is 0 Å². The van der Waals surface area contributed by atoms with Crippen LogP contribution in [0.1, 0.15) is 57.4 Å². The normalized spacial score (nSPS) is 25.4. The van der Waals surface area contributed by atoms with Gasteiger partial charge in [-0.1, -0.05) is 68.4 Å². The Morgan fingerprint density at radius 1 is 0.778 bits per heavy atom. The molecule has 1 aliphatic rings. The molecule has 5 atom stereocenters. The second-order valence-corrected chi connectivity index (χ2v) is 9.69. The fourth-order valence-corrected chi connectivity index (χ4v) is 5.78. The van der Waals surface area contributed by atoms with E-state index in [2.05, 4.69) is 42.9 Å². The molecule has 0 radical (unpaired) electrons. The number of rotatable bonds is 6. The van der Waals surface area contributed by atoms with Gasteiger partial charge >= 0.3 is 11.9 Å². The van der Waals surface area contributed by atoms with E-state index in [1.165, 1.54) is 0 Å².